The lowest BCUT2D eigenvalue weighted by Gasteiger charge is -2.13. The van der Waals surface area contributed by atoms with Crippen molar-refractivity contribution in [2.75, 3.05) is 20.3 Å². The number of ether oxygens (including phenoxy) is 3. The number of esters is 1. The Morgan fingerprint density at radius 3 is 2.24 bits per heavy atom. The SMILES string of the molecule is CCC(C)COC(=O)CC(C#N)c1ccc(OCc2ccc(OCC(=NOC)c3ccccc3)cc2)cc1. The summed E-state index contributed by atoms with van der Waals surface area (Å²) in [5.41, 5.74) is 3.38. The molecule has 7 nitrogen and oxygen atoms in total. The molecule has 0 aliphatic carbocycles. The van der Waals surface area contributed by atoms with E-state index >= 15 is 0 Å². The number of nitriles is 1. The monoisotopic (exact) mass is 514 g/mol. The lowest BCUT2D eigenvalue weighted by Crippen LogP contribution is -2.14. The second-order valence-electron chi connectivity index (χ2n) is 8.96. The van der Waals surface area contributed by atoms with Crippen LogP contribution < -0.4 is 9.47 Å². The van der Waals surface area contributed by atoms with Gasteiger partial charge in [0.15, 0.2) is 0 Å². The summed E-state index contributed by atoms with van der Waals surface area (Å²) in [6.07, 6.45) is 0.972. The van der Waals surface area contributed by atoms with E-state index in [1.165, 1.54) is 7.11 Å². The fourth-order valence-corrected chi connectivity index (χ4v) is 3.52. The highest BCUT2D eigenvalue weighted by Gasteiger charge is 2.17. The van der Waals surface area contributed by atoms with Crippen molar-refractivity contribution in [3.05, 3.63) is 95.6 Å². The summed E-state index contributed by atoms with van der Waals surface area (Å²) in [6.45, 7) is 5.11. The highest BCUT2D eigenvalue weighted by atomic mass is 16.6. The maximum Gasteiger partial charge on any atom is 0.307 e. The second kappa shape index (κ2) is 15.1. The first-order valence-electron chi connectivity index (χ1n) is 12.7. The number of carbonyl (C=O) groups excluding carboxylic acids is 1. The van der Waals surface area contributed by atoms with Crippen molar-refractivity contribution >= 4 is 11.7 Å². The molecular weight excluding hydrogens is 480 g/mol. The number of benzene rings is 3. The molecule has 0 saturated carbocycles. The molecule has 3 rings (SSSR count). The molecule has 3 aromatic rings. The molecule has 3 aromatic carbocycles. The smallest absolute Gasteiger partial charge is 0.307 e. The normalized spacial score (nSPS) is 12.6. The van der Waals surface area contributed by atoms with Crippen LogP contribution in [-0.2, 0) is 21.0 Å². The Hall–Kier alpha value is -4.31. The molecule has 0 N–H and O–H groups in total. The van der Waals surface area contributed by atoms with Crippen LogP contribution in [0.25, 0.3) is 0 Å². The summed E-state index contributed by atoms with van der Waals surface area (Å²) in [5, 5.41) is 13.6. The van der Waals surface area contributed by atoms with E-state index in [1.54, 1.807) is 0 Å². The quantitative estimate of drug-likeness (QED) is 0.143. The molecule has 198 valence electrons. The van der Waals surface area contributed by atoms with Crippen LogP contribution in [0.1, 0.15) is 49.3 Å². The Morgan fingerprint density at radius 1 is 0.947 bits per heavy atom. The molecule has 0 aliphatic rings. The van der Waals surface area contributed by atoms with Gasteiger partial charge in [-0.15, -0.1) is 0 Å². The van der Waals surface area contributed by atoms with Crippen molar-refractivity contribution in [1.82, 2.24) is 0 Å². The minimum Gasteiger partial charge on any atom is -0.489 e. The third-order valence-electron chi connectivity index (χ3n) is 6.05. The first kappa shape index (κ1) is 28.3. The Morgan fingerprint density at radius 2 is 1.61 bits per heavy atom. The second-order valence-corrected chi connectivity index (χ2v) is 8.96. The predicted octanol–water partition coefficient (Wildman–Crippen LogP) is 6.28. The number of oxime groups is 1. The Kier molecular flexibility index (Phi) is 11.2. The van der Waals surface area contributed by atoms with Gasteiger partial charge in [-0.2, -0.15) is 5.26 Å². The summed E-state index contributed by atoms with van der Waals surface area (Å²) in [6, 6.07) is 26.8. The van der Waals surface area contributed by atoms with Gasteiger partial charge in [0.05, 0.1) is 25.0 Å². The van der Waals surface area contributed by atoms with E-state index < -0.39 is 5.92 Å². The molecule has 7 heteroatoms. The maximum atomic E-state index is 12.1. The molecule has 38 heavy (non-hydrogen) atoms. The van der Waals surface area contributed by atoms with E-state index in [4.69, 9.17) is 19.0 Å². The average Bonchev–Trinajstić information content (AvgIpc) is 2.97. The van der Waals surface area contributed by atoms with Crippen LogP contribution in [0, 0.1) is 17.2 Å². The van der Waals surface area contributed by atoms with Gasteiger partial charge in [-0.05, 0) is 41.3 Å². The molecule has 0 aromatic heterocycles. The highest BCUT2D eigenvalue weighted by Crippen LogP contribution is 2.23. The van der Waals surface area contributed by atoms with Crippen LogP contribution in [-0.4, -0.2) is 32.0 Å². The fraction of sp³-hybridized carbons (Fsp3) is 0.323. The molecule has 0 radical (unpaired) electrons. The van der Waals surface area contributed by atoms with Gasteiger partial charge in [-0.3, -0.25) is 4.79 Å². The first-order chi connectivity index (χ1) is 18.5. The molecule has 2 unspecified atom stereocenters. The van der Waals surface area contributed by atoms with Gasteiger partial charge < -0.3 is 19.0 Å². The van der Waals surface area contributed by atoms with Gasteiger partial charge in [-0.25, -0.2) is 0 Å². The molecule has 0 aliphatic heterocycles. The average molecular weight is 515 g/mol. The molecule has 2 atom stereocenters. The lowest BCUT2D eigenvalue weighted by molar-refractivity contribution is -0.145. The van der Waals surface area contributed by atoms with Gasteiger partial charge in [0.2, 0.25) is 0 Å². The largest absolute Gasteiger partial charge is 0.489 e. The number of hydrogen-bond acceptors (Lipinski definition) is 7. The zero-order valence-corrected chi connectivity index (χ0v) is 22.1. The zero-order chi connectivity index (χ0) is 27.2. The van der Waals surface area contributed by atoms with E-state index in [2.05, 4.69) is 11.2 Å². The van der Waals surface area contributed by atoms with Gasteiger partial charge >= 0.3 is 5.97 Å². The molecule has 0 fully saturated rings. The maximum absolute atomic E-state index is 12.1. The van der Waals surface area contributed by atoms with E-state index in [0.29, 0.717) is 36.3 Å². The van der Waals surface area contributed by atoms with Crippen LogP contribution in [0.4, 0.5) is 0 Å². The van der Waals surface area contributed by atoms with Gasteiger partial charge in [0.1, 0.15) is 37.5 Å². The zero-order valence-electron chi connectivity index (χ0n) is 22.1. The van der Waals surface area contributed by atoms with Crippen molar-refractivity contribution in [3.8, 4) is 17.6 Å². The van der Waals surface area contributed by atoms with Crippen LogP contribution >= 0.6 is 0 Å². The van der Waals surface area contributed by atoms with Crippen molar-refractivity contribution in [1.29, 1.82) is 5.26 Å². The van der Waals surface area contributed by atoms with E-state index in [9.17, 15) is 10.1 Å². The Bertz CT molecular complexity index is 1200. The van der Waals surface area contributed by atoms with Gasteiger partial charge in [0.25, 0.3) is 0 Å². The summed E-state index contributed by atoms with van der Waals surface area (Å²) < 4.78 is 17.1. The Labute approximate surface area is 224 Å². The summed E-state index contributed by atoms with van der Waals surface area (Å²) in [5.74, 6) is 0.781. The van der Waals surface area contributed by atoms with Crippen molar-refractivity contribution in [2.24, 2.45) is 11.1 Å². The lowest BCUT2D eigenvalue weighted by atomic mass is 9.97. The minimum atomic E-state index is -0.558. The third kappa shape index (κ3) is 8.97. The number of rotatable bonds is 14. The molecule has 0 spiro atoms. The summed E-state index contributed by atoms with van der Waals surface area (Å²) in [7, 11) is 1.51. The Balaban J connectivity index is 1.48. The molecule has 0 saturated heterocycles. The topological polar surface area (TPSA) is 90.1 Å². The van der Waals surface area contributed by atoms with Crippen LogP contribution in [0.3, 0.4) is 0 Å². The van der Waals surface area contributed by atoms with E-state index in [1.807, 2.05) is 92.7 Å². The molecule has 0 amide bonds. The van der Waals surface area contributed by atoms with E-state index in [-0.39, 0.29) is 19.0 Å². The van der Waals surface area contributed by atoms with Gasteiger partial charge in [-0.1, -0.05) is 80.0 Å². The molecular formula is C31H34N2O5. The molecule has 0 bridgehead atoms. The molecule has 0 heterocycles. The predicted molar refractivity (Wildman–Crippen MR) is 146 cm³/mol. The van der Waals surface area contributed by atoms with Crippen molar-refractivity contribution in [2.45, 2.75) is 39.2 Å². The van der Waals surface area contributed by atoms with Gasteiger partial charge in [0, 0.05) is 5.56 Å². The number of hydrogen-bond donors (Lipinski definition) is 0. The van der Waals surface area contributed by atoms with Crippen LogP contribution in [0.15, 0.2) is 84.0 Å². The van der Waals surface area contributed by atoms with Crippen LogP contribution in [0.2, 0.25) is 0 Å². The third-order valence-corrected chi connectivity index (χ3v) is 6.05. The number of carbonyl (C=O) groups is 1. The minimum absolute atomic E-state index is 0.0335. The first-order valence-corrected chi connectivity index (χ1v) is 12.7. The summed E-state index contributed by atoms with van der Waals surface area (Å²) >= 11 is 0. The van der Waals surface area contributed by atoms with Crippen molar-refractivity contribution in [3.63, 3.8) is 0 Å². The number of nitrogens with zero attached hydrogens (tertiary/aromatic N) is 2. The van der Waals surface area contributed by atoms with Crippen molar-refractivity contribution < 1.29 is 23.8 Å². The van der Waals surface area contributed by atoms with E-state index in [0.717, 1.165) is 23.1 Å². The van der Waals surface area contributed by atoms with Crippen LogP contribution in [0.5, 0.6) is 11.5 Å². The standard InChI is InChI=1S/C31H34N2O5/c1-4-23(2)20-38-31(34)18-27(19-32)25-12-16-29(17-13-25)36-21-24-10-14-28(15-11-24)37-22-30(33-35-3)26-8-6-5-7-9-26/h5-17,23,27H,4,18,20-22H2,1-3H3. The fourth-order valence-electron chi connectivity index (χ4n) is 3.52. The highest BCUT2D eigenvalue weighted by molar-refractivity contribution is 6.01. The summed E-state index contributed by atoms with van der Waals surface area (Å²) in [4.78, 5) is 17.1.